The van der Waals surface area contributed by atoms with Gasteiger partial charge in [0.25, 0.3) is 0 Å². The lowest BCUT2D eigenvalue weighted by atomic mass is 9.74. The summed E-state index contributed by atoms with van der Waals surface area (Å²) in [5, 5.41) is 2.56. The molecule has 0 N–H and O–H groups in total. The molecule has 8 rings (SSSR count). The number of benzene rings is 4. The van der Waals surface area contributed by atoms with Gasteiger partial charge in [0.15, 0.2) is 0 Å². The molecule has 202 valence electrons. The molecule has 0 fully saturated rings. The topological polar surface area (TPSA) is 38.2 Å². The lowest BCUT2D eigenvalue weighted by molar-refractivity contribution is 0.483. The molecular weight excluding hydrogens is 534 g/mol. The third kappa shape index (κ3) is 3.89. The minimum atomic E-state index is -0.209. The molecule has 0 bridgehead atoms. The Hall–Kier alpha value is -5.00. The predicted molar refractivity (Wildman–Crippen MR) is 174 cm³/mol. The van der Waals surface area contributed by atoms with Crippen LogP contribution >= 0.6 is 11.3 Å². The monoisotopic (exact) mass is 561 g/mol. The fourth-order valence-corrected chi connectivity index (χ4v) is 7.38. The van der Waals surface area contributed by atoms with Crippen LogP contribution in [-0.2, 0) is 5.41 Å². The van der Waals surface area contributed by atoms with E-state index >= 15 is 0 Å². The van der Waals surface area contributed by atoms with Gasteiger partial charge in [-0.1, -0.05) is 74.5 Å². The van der Waals surface area contributed by atoms with Crippen LogP contribution < -0.4 is 9.64 Å². The van der Waals surface area contributed by atoms with Crippen LogP contribution in [-0.4, -0.2) is 9.97 Å². The molecule has 4 nitrogen and oxygen atoms in total. The van der Waals surface area contributed by atoms with Crippen molar-refractivity contribution in [3.8, 4) is 22.8 Å². The molecule has 0 saturated heterocycles. The molecule has 0 unspecified atom stereocenters. The van der Waals surface area contributed by atoms with Crippen LogP contribution in [0.5, 0.6) is 11.5 Å². The van der Waals surface area contributed by atoms with Crippen molar-refractivity contribution in [3.63, 3.8) is 0 Å². The summed E-state index contributed by atoms with van der Waals surface area (Å²) in [6.07, 6.45) is 3.70. The van der Waals surface area contributed by atoms with E-state index in [-0.39, 0.29) is 5.41 Å². The van der Waals surface area contributed by atoms with Gasteiger partial charge in [-0.25, -0.2) is 4.98 Å². The van der Waals surface area contributed by atoms with Crippen LogP contribution in [0.4, 0.5) is 17.2 Å². The first kappa shape index (κ1) is 24.8. The van der Waals surface area contributed by atoms with Gasteiger partial charge in [-0.05, 0) is 54.1 Å². The molecule has 0 spiro atoms. The van der Waals surface area contributed by atoms with Gasteiger partial charge in [0.2, 0.25) is 0 Å². The SMILES string of the molecule is CC1(C)c2cccnc2N(c2cccc(Oc3cccc(-c4ccccn4)c3)c2)c2c1ccc1c2sc2ccccc21. The maximum atomic E-state index is 6.45. The second-order valence-corrected chi connectivity index (χ2v) is 12.2. The van der Waals surface area contributed by atoms with Crippen molar-refractivity contribution >= 4 is 48.7 Å². The number of thiophene rings is 1. The van der Waals surface area contributed by atoms with E-state index in [1.807, 2.05) is 72.3 Å². The van der Waals surface area contributed by atoms with Crippen molar-refractivity contribution in [1.82, 2.24) is 9.97 Å². The van der Waals surface area contributed by atoms with Crippen LogP contribution in [0.1, 0.15) is 25.0 Å². The molecule has 1 aliphatic rings. The smallest absolute Gasteiger partial charge is 0.141 e. The molecule has 5 heteroatoms. The summed E-state index contributed by atoms with van der Waals surface area (Å²) < 4.78 is 9.01. The summed E-state index contributed by atoms with van der Waals surface area (Å²) in [4.78, 5) is 11.8. The van der Waals surface area contributed by atoms with Gasteiger partial charge in [0, 0.05) is 50.5 Å². The third-order valence-electron chi connectivity index (χ3n) is 8.20. The number of fused-ring (bicyclic) bond motifs is 6. The minimum absolute atomic E-state index is 0.209. The first-order valence-corrected chi connectivity index (χ1v) is 14.9. The highest BCUT2D eigenvalue weighted by molar-refractivity contribution is 7.26. The van der Waals surface area contributed by atoms with Crippen molar-refractivity contribution in [3.05, 3.63) is 139 Å². The van der Waals surface area contributed by atoms with Gasteiger partial charge in [-0.2, -0.15) is 0 Å². The molecule has 0 atom stereocenters. The van der Waals surface area contributed by atoms with Gasteiger partial charge in [0.1, 0.15) is 17.3 Å². The van der Waals surface area contributed by atoms with Crippen LogP contribution in [0.25, 0.3) is 31.4 Å². The average molecular weight is 562 g/mol. The molecule has 0 radical (unpaired) electrons. The van der Waals surface area contributed by atoms with Gasteiger partial charge in [-0.15, -0.1) is 11.3 Å². The first-order chi connectivity index (χ1) is 20.6. The summed E-state index contributed by atoms with van der Waals surface area (Å²) >= 11 is 1.85. The predicted octanol–water partition coefficient (Wildman–Crippen LogP) is 10.4. The Kier molecular flexibility index (Phi) is 5.62. The molecule has 0 amide bonds. The van der Waals surface area contributed by atoms with Crippen LogP contribution in [0.2, 0.25) is 0 Å². The van der Waals surface area contributed by atoms with Crippen molar-refractivity contribution in [2.24, 2.45) is 0 Å². The van der Waals surface area contributed by atoms with E-state index in [1.165, 1.54) is 37.0 Å². The Morgan fingerprint density at radius 3 is 2.36 bits per heavy atom. The van der Waals surface area contributed by atoms with E-state index in [0.717, 1.165) is 34.3 Å². The fraction of sp³-hybridized carbons (Fsp3) is 0.0811. The fourth-order valence-electron chi connectivity index (χ4n) is 6.14. The summed E-state index contributed by atoms with van der Waals surface area (Å²) in [6, 6.07) is 39.8. The van der Waals surface area contributed by atoms with Crippen molar-refractivity contribution in [1.29, 1.82) is 0 Å². The van der Waals surface area contributed by atoms with Crippen molar-refractivity contribution in [2.75, 3.05) is 4.90 Å². The number of hydrogen-bond acceptors (Lipinski definition) is 5. The average Bonchev–Trinajstić information content (AvgIpc) is 3.41. The van der Waals surface area contributed by atoms with Crippen molar-refractivity contribution in [2.45, 2.75) is 19.3 Å². The lowest BCUT2D eigenvalue weighted by Gasteiger charge is -2.41. The lowest BCUT2D eigenvalue weighted by Crippen LogP contribution is -2.31. The highest BCUT2D eigenvalue weighted by Gasteiger charge is 2.39. The van der Waals surface area contributed by atoms with E-state index < -0.39 is 0 Å². The summed E-state index contributed by atoms with van der Waals surface area (Å²) in [5.41, 5.74) is 6.42. The number of nitrogens with zero attached hydrogens (tertiary/aromatic N) is 3. The van der Waals surface area contributed by atoms with Crippen LogP contribution in [0.3, 0.4) is 0 Å². The Labute approximate surface area is 248 Å². The number of anilines is 3. The van der Waals surface area contributed by atoms with Gasteiger partial charge in [0.05, 0.1) is 21.8 Å². The summed E-state index contributed by atoms with van der Waals surface area (Å²) in [5.74, 6) is 2.48. The molecule has 4 aromatic carbocycles. The molecule has 3 aromatic heterocycles. The molecule has 0 saturated carbocycles. The molecule has 1 aliphatic heterocycles. The van der Waals surface area contributed by atoms with Crippen LogP contribution in [0, 0.1) is 0 Å². The van der Waals surface area contributed by atoms with Crippen LogP contribution in [0.15, 0.2) is 128 Å². The Morgan fingerprint density at radius 1 is 0.667 bits per heavy atom. The van der Waals surface area contributed by atoms with Crippen molar-refractivity contribution < 1.29 is 4.74 Å². The molecule has 42 heavy (non-hydrogen) atoms. The number of rotatable bonds is 4. The highest BCUT2D eigenvalue weighted by Crippen LogP contribution is 2.55. The maximum Gasteiger partial charge on any atom is 0.141 e. The Bertz CT molecular complexity index is 2120. The van der Waals surface area contributed by atoms with E-state index in [9.17, 15) is 0 Å². The second-order valence-electron chi connectivity index (χ2n) is 11.1. The zero-order valence-corrected chi connectivity index (χ0v) is 24.1. The van der Waals surface area contributed by atoms with E-state index in [1.54, 1.807) is 0 Å². The molecule has 4 heterocycles. The van der Waals surface area contributed by atoms with Gasteiger partial charge < -0.3 is 4.74 Å². The quantitative estimate of drug-likeness (QED) is 0.214. The van der Waals surface area contributed by atoms with Gasteiger partial charge in [-0.3, -0.25) is 9.88 Å². The van der Waals surface area contributed by atoms with E-state index in [4.69, 9.17) is 9.72 Å². The van der Waals surface area contributed by atoms with Gasteiger partial charge >= 0.3 is 0 Å². The maximum absolute atomic E-state index is 6.45. The third-order valence-corrected chi connectivity index (χ3v) is 9.39. The standard InChI is InChI=1S/C37H27N3OS/c1-37(2)30-19-18-29-28-14-3-4-17-33(28)42-35(29)34(30)40(36-31(37)15-9-21-39-36)25-11-8-13-27(23-25)41-26-12-7-10-24(22-26)32-16-5-6-20-38-32/h3-23H,1-2H3. The Balaban J connectivity index is 1.29. The minimum Gasteiger partial charge on any atom is -0.457 e. The summed E-state index contributed by atoms with van der Waals surface area (Å²) in [7, 11) is 0. The molecule has 7 aromatic rings. The zero-order chi connectivity index (χ0) is 28.3. The molecule has 0 aliphatic carbocycles. The summed E-state index contributed by atoms with van der Waals surface area (Å²) in [6.45, 7) is 4.61. The van der Waals surface area contributed by atoms with E-state index in [2.05, 4.69) is 90.5 Å². The zero-order valence-electron chi connectivity index (χ0n) is 23.3. The first-order valence-electron chi connectivity index (χ1n) is 14.1. The highest BCUT2D eigenvalue weighted by atomic mass is 32.1. The number of hydrogen-bond donors (Lipinski definition) is 0. The van der Waals surface area contributed by atoms with E-state index in [0.29, 0.717) is 0 Å². The Morgan fingerprint density at radius 2 is 1.48 bits per heavy atom. The normalized spacial score (nSPS) is 13.6. The number of pyridine rings is 2. The second kappa shape index (κ2) is 9.54. The number of ether oxygens (including phenoxy) is 1. The number of aromatic nitrogens is 2. The largest absolute Gasteiger partial charge is 0.457 e. The molecular formula is C37H27N3OS.